The number of hydrogen-bond acceptors (Lipinski definition) is 3. The van der Waals surface area contributed by atoms with E-state index in [1.807, 2.05) is 13.8 Å². The lowest BCUT2D eigenvalue weighted by atomic mass is 9.86. The Hall–Kier alpha value is -1.59. The Kier molecular flexibility index (Phi) is 6.59. The normalized spacial score (nSPS) is 21.4. The summed E-state index contributed by atoms with van der Waals surface area (Å²) in [5.41, 5.74) is -0.567. The molecule has 0 spiro atoms. The van der Waals surface area contributed by atoms with Crippen LogP contribution < -0.4 is 5.32 Å². The van der Waals surface area contributed by atoms with E-state index in [4.69, 9.17) is 0 Å². The molecule has 0 saturated carbocycles. The summed E-state index contributed by atoms with van der Waals surface area (Å²) in [5, 5.41) is 12.0. The number of amides is 2. The van der Waals surface area contributed by atoms with Gasteiger partial charge >= 0.3 is 5.97 Å². The zero-order chi connectivity index (χ0) is 17.8. The zero-order valence-electron chi connectivity index (χ0n) is 14.9. The van der Waals surface area contributed by atoms with E-state index in [1.54, 1.807) is 25.7 Å². The van der Waals surface area contributed by atoms with Crippen LogP contribution in [0.3, 0.4) is 0 Å². The molecule has 0 aromatic heterocycles. The van der Waals surface area contributed by atoms with Crippen LogP contribution in [0.5, 0.6) is 0 Å². The van der Waals surface area contributed by atoms with E-state index in [9.17, 15) is 19.5 Å². The molecule has 0 radical (unpaired) electrons. The van der Waals surface area contributed by atoms with E-state index in [1.165, 1.54) is 0 Å². The van der Waals surface area contributed by atoms with Crippen molar-refractivity contribution >= 4 is 17.8 Å². The van der Waals surface area contributed by atoms with Crippen LogP contribution >= 0.6 is 0 Å². The maximum Gasteiger partial charge on any atom is 0.326 e. The van der Waals surface area contributed by atoms with Crippen LogP contribution in [0, 0.1) is 17.3 Å². The number of nitrogens with one attached hydrogen (secondary N) is 1. The second-order valence-corrected chi connectivity index (χ2v) is 7.58. The maximum atomic E-state index is 12.5. The van der Waals surface area contributed by atoms with E-state index in [-0.39, 0.29) is 23.7 Å². The van der Waals surface area contributed by atoms with Gasteiger partial charge in [-0.05, 0) is 24.7 Å². The van der Waals surface area contributed by atoms with E-state index in [0.717, 1.165) is 12.8 Å². The second-order valence-electron chi connectivity index (χ2n) is 7.58. The van der Waals surface area contributed by atoms with E-state index in [0.29, 0.717) is 19.5 Å². The Morgan fingerprint density at radius 3 is 2.39 bits per heavy atom. The van der Waals surface area contributed by atoms with Gasteiger partial charge < -0.3 is 15.3 Å². The van der Waals surface area contributed by atoms with Crippen LogP contribution in [0.25, 0.3) is 0 Å². The van der Waals surface area contributed by atoms with Gasteiger partial charge in [-0.1, -0.05) is 34.6 Å². The number of rotatable bonds is 5. The molecule has 0 aromatic rings. The molecule has 1 saturated heterocycles. The summed E-state index contributed by atoms with van der Waals surface area (Å²) in [4.78, 5) is 37.9. The number of carboxylic acid groups (broad SMARTS) is 1. The SMILES string of the molecule is CC[C@H](C)C(=O)N1CCC[C@H](C(=O)N[C@H](C(=O)O)C(C)(C)C)C1. The highest BCUT2D eigenvalue weighted by molar-refractivity contribution is 5.86. The molecule has 1 fully saturated rings. The molecule has 3 atom stereocenters. The third-order valence-corrected chi connectivity index (χ3v) is 4.54. The third kappa shape index (κ3) is 5.22. The topological polar surface area (TPSA) is 86.7 Å². The van der Waals surface area contributed by atoms with Gasteiger partial charge in [-0.2, -0.15) is 0 Å². The van der Waals surface area contributed by atoms with Crippen LogP contribution in [-0.4, -0.2) is 46.9 Å². The molecule has 1 aliphatic heterocycles. The van der Waals surface area contributed by atoms with Crippen molar-refractivity contribution in [1.82, 2.24) is 10.2 Å². The lowest BCUT2D eigenvalue weighted by molar-refractivity contribution is -0.147. The Morgan fingerprint density at radius 2 is 1.91 bits per heavy atom. The van der Waals surface area contributed by atoms with Gasteiger partial charge in [0.1, 0.15) is 6.04 Å². The predicted molar refractivity (Wildman–Crippen MR) is 87.8 cm³/mol. The Balaban J connectivity index is 2.73. The number of hydrogen-bond donors (Lipinski definition) is 2. The van der Waals surface area contributed by atoms with Crippen molar-refractivity contribution in [3.63, 3.8) is 0 Å². The van der Waals surface area contributed by atoms with Crippen molar-refractivity contribution in [3.05, 3.63) is 0 Å². The molecule has 0 bridgehead atoms. The van der Waals surface area contributed by atoms with E-state index < -0.39 is 17.4 Å². The summed E-state index contributed by atoms with van der Waals surface area (Å²) in [6, 6.07) is -0.935. The van der Waals surface area contributed by atoms with Crippen LogP contribution in [0.4, 0.5) is 0 Å². The molecular formula is C17H30N2O4. The second kappa shape index (κ2) is 7.79. The molecule has 1 aliphatic rings. The summed E-state index contributed by atoms with van der Waals surface area (Å²) < 4.78 is 0. The summed E-state index contributed by atoms with van der Waals surface area (Å²) in [6.45, 7) is 10.3. The Bertz CT molecular complexity index is 456. The van der Waals surface area contributed by atoms with Gasteiger partial charge in [-0.15, -0.1) is 0 Å². The minimum atomic E-state index is -1.03. The first-order chi connectivity index (χ1) is 10.6. The van der Waals surface area contributed by atoms with Crippen LogP contribution in [0.15, 0.2) is 0 Å². The molecule has 1 heterocycles. The largest absolute Gasteiger partial charge is 0.480 e. The fraction of sp³-hybridized carbons (Fsp3) is 0.824. The lowest BCUT2D eigenvalue weighted by Gasteiger charge is -2.35. The molecule has 6 nitrogen and oxygen atoms in total. The predicted octanol–water partition coefficient (Wildman–Crippen LogP) is 1.89. The van der Waals surface area contributed by atoms with Crippen LogP contribution in [0.1, 0.15) is 53.9 Å². The monoisotopic (exact) mass is 326 g/mol. The third-order valence-electron chi connectivity index (χ3n) is 4.54. The number of piperidine rings is 1. The van der Waals surface area contributed by atoms with Gasteiger partial charge in [0.25, 0.3) is 0 Å². The average Bonchev–Trinajstić information content (AvgIpc) is 2.49. The maximum absolute atomic E-state index is 12.5. The van der Waals surface area contributed by atoms with Crippen molar-refractivity contribution in [1.29, 1.82) is 0 Å². The first-order valence-electron chi connectivity index (χ1n) is 8.39. The zero-order valence-corrected chi connectivity index (χ0v) is 14.9. The minimum absolute atomic E-state index is 0.0434. The highest BCUT2D eigenvalue weighted by Gasteiger charge is 2.36. The highest BCUT2D eigenvalue weighted by Crippen LogP contribution is 2.23. The molecule has 132 valence electrons. The van der Waals surface area contributed by atoms with E-state index >= 15 is 0 Å². The first kappa shape index (κ1) is 19.5. The molecule has 2 N–H and O–H groups in total. The van der Waals surface area contributed by atoms with Gasteiger partial charge in [0.05, 0.1) is 5.92 Å². The van der Waals surface area contributed by atoms with Crippen LogP contribution in [0.2, 0.25) is 0 Å². The summed E-state index contributed by atoms with van der Waals surface area (Å²) in [5.74, 6) is -1.60. The van der Waals surface area contributed by atoms with Crippen molar-refractivity contribution in [2.75, 3.05) is 13.1 Å². The standard InChI is InChI=1S/C17H30N2O4/c1-6-11(2)15(21)19-9-7-8-12(10-19)14(20)18-13(16(22)23)17(3,4)5/h11-13H,6-10H2,1-5H3,(H,18,20)(H,22,23)/t11-,12-,13+/m0/s1. The highest BCUT2D eigenvalue weighted by atomic mass is 16.4. The average molecular weight is 326 g/mol. The molecule has 23 heavy (non-hydrogen) atoms. The fourth-order valence-electron chi connectivity index (χ4n) is 2.79. The number of carbonyl (C=O) groups excluding carboxylic acids is 2. The minimum Gasteiger partial charge on any atom is -0.480 e. The van der Waals surface area contributed by atoms with Crippen molar-refractivity contribution in [2.24, 2.45) is 17.3 Å². The number of nitrogens with zero attached hydrogens (tertiary/aromatic N) is 1. The molecule has 2 amide bonds. The number of likely N-dealkylation sites (tertiary alicyclic amines) is 1. The molecule has 1 rings (SSSR count). The van der Waals surface area contributed by atoms with Gasteiger partial charge in [0, 0.05) is 19.0 Å². The Labute approximate surface area is 138 Å². The molecule has 6 heteroatoms. The summed E-state index contributed by atoms with van der Waals surface area (Å²) in [7, 11) is 0. The summed E-state index contributed by atoms with van der Waals surface area (Å²) in [6.07, 6.45) is 2.23. The molecule has 0 aromatic carbocycles. The quantitative estimate of drug-likeness (QED) is 0.807. The summed E-state index contributed by atoms with van der Waals surface area (Å²) >= 11 is 0. The van der Waals surface area contributed by atoms with Crippen molar-refractivity contribution < 1.29 is 19.5 Å². The number of carboxylic acids is 1. The first-order valence-corrected chi connectivity index (χ1v) is 8.39. The fourth-order valence-corrected chi connectivity index (χ4v) is 2.79. The van der Waals surface area contributed by atoms with Gasteiger partial charge in [-0.3, -0.25) is 9.59 Å². The molecule has 0 unspecified atom stereocenters. The number of aliphatic carboxylic acids is 1. The van der Waals surface area contributed by atoms with Crippen LogP contribution in [-0.2, 0) is 14.4 Å². The Morgan fingerprint density at radius 1 is 1.30 bits per heavy atom. The number of carbonyl (C=O) groups is 3. The van der Waals surface area contributed by atoms with Gasteiger partial charge in [0.2, 0.25) is 11.8 Å². The van der Waals surface area contributed by atoms with Crippen molar-refractivity contribution in [3.8, 4) is 0 Å². The molecular weight excluding hydrogens is 296 g/mol. The van der Waals surface area contributed by atoms with Crippen molar-refractivity contribution in [2.45, 2.75) is 59.9 Å². The molecule has 0 aliphatic carbocycles. The van der Waals surface area contributed by atoms with Gasteiger partial charge in [0.15, 0.2) is 0 Å². The smallest absolute Gasteiger partial charge is 0.326 e. The lowest BCUT2D eigenvalue weighted by Crippen LogP contribution is -2.53. The van der Waals surface area contributed by atoms with Gasteiger partial charge in [-0.25, -0.2) is 4.79 Å². The van der Waals surface area contributed by atoms with E-state index in [2.05, 4.69) is 5.32 Å².